The molecule has 0 saturated carbocycles. The minimum absolute atomic E-state index is 0.0779. The maximum absolute atomic E-state index is 11.4. The predicted octanol–water partition coefficient (Wildman–Crippen LogP) is 2.63. The van der Waals surface area contributed by atoms with E-state index in [2.05, 4.69) is 5.32 Å². The van der Waals surface area contributed by atoms with Crippen LogP contribution in [0, 0.1) is 0 Å². The normalized spacial score (nSPS) is 19.8. The van der Waals surface area contributed by atoms with Crippen molar-refractivity contribution in [3.05, 3.63) is 27.3 Å². The molecule has 0 radical (unpaired) electrons. The molecule has 1 aromatic rings. The van der Waals surface area contributed by atoms with Gasteiger partial charge in [0, 0.05) is 4.88 Å². The predicted molar refractivity (Wildman–Crippen MR) is 65.2 cm³/mol. The molecule has 1 fully saturated rings. The van der Waals surface area contributed by atoms with Crippen LogP contribution in [0.15, 0.2) is 22.4 Å². The molecule has 1 saturated heterocycles. The summed E-state index contributed by atoms with van der Waals surface area (Å²) in [5.41, 5.74) is 1.00. The van der Waals surface area contributed by atoms with E-state index in [1.807, 2.05) is 24.4 Å². The molecule has 0 unspecified atom stereocenters. The van der Waals surface area contributed by atoms with Crippen molar-refractivity contribution in [3.63, 3.8) is 0 Å². The van der Waals surface area contributed by atoms with Crippen molar-refractivity contribution in [2.75, 3.05) is 0 Å². The van der Waals surface area contributed by atoms with E-state index < -0.39 is 0 Å². The Hall–Kier alpha value is -0.650. The highest BCUT2D eigenvalue weighted by Crippen LogP contribution is 2.33. The van der Waals surface area contributed by atoms with Gasteiger partial charge in [-0.15, -0.1) is 11.3 Å². The van der Waals surface area contributed by atoms with Gasteiger partial charge in [-0.3, -0.25) is 4.79 Å². The van der Waals surface area contributed by atoms with Crippen molar-refractivity contribution < 1.29 is 4.79 Å². The lowest BCUT2D eigenvalue weighted by atomic mass is 10.2. The molecule has 1 N–H and O–H groups in total. The number of amides is 1. The summed E-state index contributed by atoms with van der Waals surface area (Å²) in [7, 11) is 0. The van der Waals surface area contributed by atoms with Gasteiger partial charge in [0.2, 0.25) is 0 Å². The summed E-state index contributed by atoms with van der Waals surface area (Å²) < 4.78 is 0.543. The van der Waals surface area contributed by atoms with Crippen LogP contribution in [0.4, 0.5) is 0 Å². The van der Waals surface area contributed by atoms with E-state index >= 15 is 0 Å². The molecule has 2 rings (SSSR count). The van der Waals surface area contributed by atoms with Crippen LogP contribution < -0.4 is 5.32 Å². The molecule has 1 aliphatic rings. The Morgan fingerprint density at radius 1 is 1.57 bits per heavy atom. The van der Waals surface area contributed by atoms with Crippen molar-refractivity contribution in [1.29, 1.82) is 0 Å². The van der Waals surface area contributed by atoms with Crippen molar-refractivity contribution >= 4 is 51.1 Å². The lowest BCUT2D eigenvalue weighted by molar-refractivity contribution is -0.115. The summed E-state index contributed by atoms with van der Waals surface area (Å²) in [6, 6.07) is 3.97. The Morgan fingerprint density at radius 2 is 2.36 bits per heavy atom. The van der Waals surface area contributed by atoms with Gasteiger partial charge in [0.15, 0.2) is 0 Å². The summed E-state index contributed by atoms with van der Waals surface area (Å²) in [5.74, 6) is -0.0779. The highest BCUT2D eigenvalue weighted by molar-refractivity contribution is 8.26. The van der Waals surface area contributed by atoms with Gasteiger partial charge in [0.1, 0.15) is 4.32 Å². The monoisotopic (exact) mass is 241 g/mol. The summed E-state index contributed by atoms with van der Waals surface area (Å²) in [5, 5.41) is 4.61. The van der Waals surface area contributed by atoms with E-state index in [4.69, 9.17) is 12.2 Å². The molecule has 0 atom stereocenters. The minimum atomic E-state index is -0.0779. The summed E-state index contributed by atoms with van der Waals surface area (Å²) >= 11 is 7.89. The molecule has 5 heteroatoms. The number of nitrogens with one attached hydrogen (secondary N) is 1. The fourth-order valence-corrected chi connectivity index (χ4v) is 3.05. The first kappa shape index (κ1) is 9.89. The molecule has 1 amide bonds. The Morgan fingerprint density at radius 3 is 2.86 bits per heavy atom. The zero-order valence-electron chi connectivity index (χ0n) is 7.37. The topological polar surface area (TPSA) is 29.1 Å². The van der Waals surface area contributed by atoms with E-state index in [1.165, 1.54) is 11.8 Å². The van der Waals surface area contributed by atoms with E-state index in [-0.39, 0.29) is 5.91 Å². The van der Waals surface area contributed by atoms with Crippen molar-refractivity contribution in [2.24, 2.45) is 0 Å². The maximum Gasteiger partial charge on any atom is 0.263 e. The summed E-state index contributed by atoms with van der Waals surface area (Å²) in [6.07, 6.45) is 0. The van der Waals surface area contributed by atoms with Gasteiger partial charge in [-0.1, -0.05) is 30.0 Å². The van der Waals surface area contributed by atoms with Crippen LogP contribution in [0.1, 0.15) is 11.8 Å². The molecule has 0 aromatic carbocycles. The molecule has 0 aliphatic carbocycles. The van der Waals surface area contributed by atoms with Crippen LogP contribution in [0.5, 0.6) is 0 Å². The number of hydrogen-bond acceptors (Lipinski definition) is 4. The van der Waals surface area contributed by atoms with Crippen LogP contribution in [0.25, 0.3) is 5.57 Å². The fourth-order valence-electron chi connectivity index (χ4n) is 1.16. The van der Waals surface area contributed by atoms with Crippen LogP contribution >= 0.6 is 35.3 Å². The van der Waals surface area contributed by atoms with Crippen molar-refractivity contribution in [2.45, 2.75) is 6.92 Å². The van der Waals surface area contributed by atoms with Gasteiger partial charge < -0.3 is 5.32 Å². The van der Waals surface area contributed by atoms with Crippen molar-refractivity contribution in [3.8, 4) is 0 Å². The zero-order valence-corrected chi connectivity index (χ0v) is 9.81. The number of thiocarbonyl (C=S) groups is 1. The number of allylic oxidation sites excluding steroid dienone is 1. The minimum Gasteiger partial charge on any atom is -0.307 e. The van der Waals surface area contributed by atoms with Gasteiger partial charge in [0.05, 0.1) is 4.91 Å². The first-order chi connectivity index (χ1) is 6.68. The third-order valence-electron chi connectivity index (χ3n) is 1.85. The largest absolute Gasteiger partial charge is 0.307 e. The number of rotatable bonds is 1. The molecule has 1 aromatic heterocycles. The Balaban J connectivity index is 2.41. The smallest absolute Gasteiger partial charge is 0.263 e. The lowest BCUT2D eigenvalue weighted by Gasteiger charge is -1.98. The molecular weight excluding hydrogens is 234 g/mol. The Bertz CT molecular complexity index is 419. The number of carbonyl (C=O) groups is 1. The summed E-state index contributed by atoms with van der Waals surface area (Å²) in [4.78, 5) is 13.3. The molecule has 14 heavy (non-hydrogen) atoms. The van der Waals surface area contributed by atoms with Gasteiger partial charge in [-0.25, -0.2) is 0 Å². The quantitative estimate of drug-likeness (QED) is 0.605. The third-order valence-corrected chi connectivity index (χ3v) is 4.17. The van der Waals surface area contributed by atoms with E-state index in [1.54, 1.807) is 11.3 Å². The molecule has 2 nitrogen and oxygen atoms in total. The van der Waals surface area contributed by atoms with Gasteiger partial charge in [0.25, 0.3) is 5.91 Å². The first-order valence-corrected chi connectivity index (χ1v) is 6.07. The average Bonchev–Trinajstić information content (AvgIpc) is 2.73. The second-order valence-electron chi connectivity index (χ2n) is 2.78. The van der Waals surface area contributed by atoms with Crippen LogP contribution in [0.3, 0.4) is 0 Å². The highest BCUT2D eigenvalue weighted by Gasteiger charge is 2.24. The highest BCUT2D eigenvalue weighted by atomic mass is 32.2. The second kappa shape index (κ2) is 3.84. The number of hydrogen-bond donors (Lipinski definition) is 1. The standard InChI is InChI=1S/C9H7NOS3/c1-5(6-3-2-4-13-6)7-8(11)10-9(12)14-7/h2-4H,1H3,(H,10,11,12)/b7-5-. The Kier molecular flexibility index (Phi) is 2.71. The number of thiophene rings is 1. The number of thioether (sulfide) groups is 1. The van der Waals surface area contributed by atoms with E-state index in [0.717, 1.165) is 15.4 Å². The SMILES string of the molecule is C/C(=C1/SC(=S)NC1=O)c1cccs1. The van der Waals surface area contributed by atoms with Crippen LogP contribution in [-0.2, 0) is 4.79 Å². The molecule has 0 bridgehead atoms. The number of carbonyl (C=O) groups excluding carboxylic acids is 1. The lowest BCUT2D eigenvalue weighted by Crippen LogP contribution is -2.18. The van der Waals surface area contributed by atoms with Gasteiger partial charge in [-0.2, -0.15) is 0 Å². The molecular formula is C9H7NOS3. The molecule has 0 spiro atoms. The van der Waals surface area contributed by atoms with E-state index in [9.17, 15) is 4.79 Å². The second-order valence-corrected chi connectivity index (χ2v) is 5.41. The third kappa shape index (κ3) is 1.75. The van der Waals surface area contributed by atoms with Crippen LogP contribution in [0.2, 0.25) is 0 Å². The van der Waals surface area contributed by atoms with E-state index in [0.29, 0.717) is 4.32 Å². The van der Waals surface area contributed by atoms with Gasteiger partial charge in [-0.05, 0) is 23.9 Å². The van der Waals surface area contributed by atoms with Crippen LogP contribution in [-0.4, -0.2) is 10.2 Å². The van der Waals surface area contributed by atoms with Gasteiger partial charge >= 0.3 is 0 Å². The average molecular weight is 241 g/mol. The molecule has 2 heterocycles. The maximum atomic E-state index is 11.4. The van der Waals surface area contributed by atoms with Crippen molar-refractivity contribution in [1.82, 2.24) is 5.32 Å². The first-order valence-electron chi connectivity index (χ1n) is 3.96. The molecule has 72 valence electrons. The summed E-state index contributed by atoms with van der Waals surface area (Å²) in [6.45, 7) is 1.95. The fraction of sp³-hybridized carbons (Fsp3) is 0.111. The zero-order chi connectivity index (χ0) is 10.1. The Labute approximate surface area is 95.4 Å². The molecule has 1 aliphatic heterocycles.